The van der Waals surface area contributed by atoms with E-state index in [2.05, 4.69) is 10.6 Å². The highest BCUT2D eigenvalue weighted by Gasteiger charge is 2.28. The van der Waals surface area contributed by atoms with Crippen LogP contribution < -0.4 is 10.6 Å². The van der Waals surface area contributed by atoms with Gasteiger partial charge in [-0.3, -0.25) is 14.4 Å². The Bertz CT molecular complexity index is 707. The molecule has 2 aliphatic rings. The fourth-order valence-corrected chi connectivity index (χ4v) is 5.29. The van der Waals surface area contributed by atoms with Gasteiger partial charge in [-0.15, -0.1) is 11.3 Å². The van der Waals surface area contributed by atoms with Crippen LogP contribution in [0.1, 0.15) is 85.0 Å². The molecule has 2 aliphatic carbocycles. The zero-order valence-corrected chi connectivity index (χ0v) is 16.5. The number of fused-ring (bicyclic) bond motifs is 1. The summed E-state index contributed by atoms with van der Waals surface area (Å²) in [7, 11) is 0. The van der Waals surface area contributed by atoms with E-state index >= 15 is 0 Å². The monoisotopic (exact) mass is 392 g/mol. The summed E-state index contributed by atoms with van der Waals surface area (Å²) in [5.74, 6) is -1.19. The second kappa shape index (κ2) is 9.35. The van der Waals surface area contributed by atoms with Crippen LogP contribution in [0.2, 0.25) is 0 Å². The second-order valence-electron chi connectivity index (χ2n) is 7.52. The number of carboxylic acids is 1. The van der Waals surface area contributed by atoms with Gasteiger partial charge in [0.05, 0.1) is 5.56 Å². The molecule has 1 saturated carbocycles. The van der Waals surface area contributed by atoms with Gasteiger partial charge in [-0.25, -0.2) is 0 Å². The lowest BCUT2D eigenvalue weighted by Gasteiger charge is -2.23. The van der Waals surface area contributed by atoms with E-state index in [0.717, 1.165) is 56.9 Å². The highest BCUT2D eigenvalue weighted by Crippen LogP contribution is 2.38. The number of rotatable bonds is 7. The van der Waals surface area contributed by atoms with Gasteiger partial charge in [-0.1, -0.05) is 19.3 Å². The zero-order chi connectivity index (χ0) is 19.2. The normalized spacial score (nSPS) is 17.2. The van der Waals surface area contributed by atoms with Gasteiger partial charge in [-0.05, 0) is 50.5 Å². The number of hydrogen-bond donors (Lipinski definition) is 3. The third-order valence-electron chi connectivity index (χ3n) is 5.39. The van der Waals surface area contributed by atoms with Gasteiger partial charge < -0.3 is 15.7 Å². The summed E-state index contributed by atoms with van der Waals surface area (Å²) in [5.41, 5.74) is 1.74. The number of anilines is 1. The minimum Gasteiger partial charge on any atom is -0.481 e. The number of aliphatic carboxylic acids is 1. The lowest BCUT2D eigenvalue weighted by atomic mass is 9.93. The quantitative estimate of drug-likeness (QED) is 0.656. The molecule has 2 amide bonds. The Labute approximate surface area is 163 Å². The van der Waals surface area contributed by atoms with Crippen LogP contribution >= 0.6 is 11.3 Å². The predicted molar refractivity (Wildman–Crippen MR) is 105 cm³/mol. The summed E-state index contributed by atoms with van der Waals surface area (Å²) in [6.07, 6.45) is 10.0. The molecule has 0 bridgehead atoms. The average Bonchev–Trinajstić information content (AvgIpc) is 3.00. The Hall–Kier alpha value is -1.89. The number of carboxylic acid groups (broad SMARTS) is 1. The number of carbonyl (C=O) groups excluding carboxylic acids is 2. The van der Waals surface area contributed by atoms with Crippen LogP contribution in [-0.2, 0) is 22.4 Å². The van der Waals surface area contributed by atoms with Crippen molar-refractivity contribution < 1.29 is 19.5 Å². The van der Waals surface area contributed by atoms with Gasteiger partial charge in [0.2, 0.25) is 5.91 Å². The molecule has 1 aromatic rings. The smallest absolute Gasteiger partial charge is 0.303 e. The van der Waals surface area contributed by atoms with Crippen molar-refractivity contribution >= 4 is 34.1 Å². The van der Waals surface area contributed by atoms with Gasteiger partial charge in [0.1, 0.15) is 5.00 Å². The molecule has 3 rings (SSSR count). The first kappa shape index (κ1) is 19.9. The highest BCUT2D eigenvalue weighted by molar-refractivity contribution is 7.17. The van der Waals surface area contributed by atoms with Crippen molar-refractivity contribution in [2.75, 3.05) is 5.32 Å². The summed E-state index contributed by atoms with van der Waals surface area (Å²) in [5, 5.41) is 15.4. The van der Waals surface area contributed by atoms with Crippen molar-refractivity contribution in [3.8, 4) is 0 Å². The SMILES string of the molecule is O=C(O)CCCC(=O)Nc1sc2c(c1C(=O)NC1CCCCC1)CCCC2. The first-order valence-corrected chi connectivity index (χ1v) is 10.8. The van der Waals surface area contributed by atoms with Crippen LogP contribution in [-0.4, -0.2) is 28.9 Å². The van der Waals surface area contributed by atoms with Gasteiger partial charge in [-0.2, -0.15) is 0 Å². The molecule has 3 N–H and O–H groups in total. The summed E-state index contributed by atoms with van der Waals surface area (Å²) in [4.78, 5) is 37.1. The van der Waals surface area contributed by atoms with Crippen LogP contribution in [0.3, 0.4) is 0 Å². The van der Waals surface area contributed by atoms with Crippen molar-refractivity contribution in [1.29, 1.82) is 0 Å². The van der Waals surface area contributed by atoms with E-state index < -0.39 is 5.97 Å². The molecular formula is C20H28N2O4S. The molecule has 1 fully saturated rings. The molecule has 0 saturated heterocycles. The van der Waals surface area contributed by atoms with Crippen LogP contribution in [0, 0.1) is 0 Å². The molecule has 0 radical (unpaired) electrons. The second-order valence-corrected chi connectivity index (χ2v) is 8.62. The van der Waals surface area contributed by atoms with Crippen molar-refractivity contribution in [1.82, 2.24) is 5.32 Å². The third-order valence-corrected chi connectivity index (χ3v) is 6.59. The van der Waals surface area contributed by atoms with E-state index in [1.54, 1.807) is 0 Å². The van der Waals surface area contributed by atoms with Gasteiger partial charge >= 0.3 is 5.97 Å². The average molecular weight is 393 g/mol. The van der Waals surface area contributed by atoms with Crippen LogP contribution in [0.4, 0.5) is 5.00 Å². The molecular weight excluding hydrogens is 364 g/mol. The van der Waals surface area contributed by atoms with Crippen molar-refractivity contribution in [2.24, 2.45) is 0 Å². The Kier molecular flexibility index (Phi) is 6.88. The lowest BCUT2D eigenvalue weighted by molar-refractivity contribution is -0.137. The Balaban J connectivity index is 1.72. The van der Waals surface area contributed by atoms with Crippen molar-refractivity contribution in [3.63, 3.8) is 0 Å². The first-order chi connectivity index (χ1) is 13.0. The van der Waals surface area contributed by atoms with E-state index in [1.165, 1.54) is 22.6 Å². The Morgan fingerprint density at radius 3 is 2.48 bits per heavy atom. The van der Waals surface area contributed by atoms with Crippen LogP contribution in [0.25, 0.3) is 0 Å². The van der Waals surface area contributed by atoms with E-state index in [9.17, 15) is 14.4 Å². The van der Waals surface area contributed by atoms with Gasteiger partial charge in [0.25, 0.3) is 5.91 Å². The van der Waals surface area contributed by atoms with E-state index in [0.29, 0.717) is 17.0 Å². The Morgan fingerprint density at radius 1 is 1.00 bits per heavy atom. The summed E-state index contributed by atoms with van der Waals surface area (Å²) < 4.78 is 0. The predicted octanol–water partition coefficient (Wildman–Crippen LogP) is 3.88. The molecule has 0 atom stereocenters. The number of carbonyl (C=O) groups is 3. The topological polar surface area (TPSA) is 95.5 Å². The van der Waals surface area contributed by atoms with Crippen molar-refractivity contribution in [2.45, 2.75) is 83.1 Å². The molecule has 1 heterocycles. The summed E-state index contributed by atoms with van der Waals surface area (Å²) >= 11 is 1.51. The third kappa shape index (κ3) is 5.31. The van der Waals surface area contributed by atoms with Gasteiger partial charge in [0.15, 0.2) is 0 Å². The number of nitrogens with one attached hydrogen (secondary N) is 2. The largest absolute Gasteiger partial charge is 0.481 e. The summed E-state index contributed by atoms with van der Waals surface area (Å²) in [6, 6.07) is 0.226. The molecule has 6 nitrogen and oxygen atoms in total. The first-order valence-electron chi connectivity index (χ1n) is 10.0. The molecule has 0 aromatic carbocycles. The van der Waals surface area contributed by atoms with E-state index in [-0.39, 0.29) is 30.7 Å². The molecule has 0 unspecified atom stereocenters. The highest BCUT2D eigenvalue weighted by atomic mass is 32.1. The number of aryl methyl sites for hydroxylation is 1. The number of thiophene rings is 1. The molecule has 0 spiro atoms. The maximum Gasteiger partial charge on any atom is 0.303 e. The van der Waals surface area contributed by atoms with E-state index in [1.807, 2.05) is 0 Å². The zero-order valence-electron chi connectivity index (χ0n) is 15.6. The van der Waals surface area contributed by atoms with Crippen LogP contribution in [0.15, 0.2) is 0 Å². The lowest BCUT2D eigenvalue weighted by Crippen LogP contribution is -2.37. The molecule has 27 heavy (non-hydrogen) atoms. The molecule has 148 valence electrons. The number of hydrogen-bond acceptors (Lipinski definition) is 4. The number of amides is 2. The minimum atomic E-state index is -0.901. The minimum absolute atomic E-state index is 0.0244. The molecule has 1 aromatic heterocycles. The van der Waals surface area contributed by atoms with E-state index in [4.69, 9.17) is 5.11 Å². The Morgan fingerprint density at radius 2 is 1.74 bits per heavy atom. The fraction of sp³-hybridized carbons (Fsp3) is 0.650. The standard InChI is InChI=1S/C20H28N2O4S/c23-16(11-6-12-17(24)25)22-20-18(14-9-4-5-10-15(14)27-20)19(26)21-13-7-2-1-3-8-13/h13H,1-12H2,(H,21,26)(H,22,23)(H,24,25). The maximum atomic E-state index is 13.0. The molecule has 0 aliphatic heterocycles. The summed E-state index contributed by atoms with van der Waals surface area (Å²) in [6.45, 7) is 0. The van der Waals surface area contributed by atoms with Crippen molar-refractivity contribution in [3.05, 3.63) is 16.0 Å². The van der Waals surface area contributed by atoms with Gasteiger partial charge in [0, 0.05) is 23.8 Å². The van der Waals surface area contributed by atoms with Crippen LogP contribution in [0.5, 0.6) is 0 Å². The fourth-order valence-electron chi connectivity index (χ4n) is 3.99. The molecule has 7 heteroatoms. The maximum absolute atomic E-state index is 13.0.